The standard InChI is InChI=1S/C17H31N/c1-3-9-15(10-4-1)17-13-7-8-14-18(17)16-11-5-2-6-12-16/h15-17H,1-14H2. The zero-order chi connectivity index (χ0) is 12.2. The maximum Gasteiger partial charge on any atom is 0.0126 e. The quantitative estimate of drug-likeness (QED) is 0.682. The topological polar surface area (TPSA) is 3.24 Å². The zero-order valence-electron chi connectivity index (χ0n) is 12.1. The van der Waals surface area contributed by atoms with Crippen LogP contribution in [0.2, 0.25) is 0 Å². The molecule has 3 rings (SSSR count). The van der Waals surface area contributed by atoms with Crippen molar-refractivity contribution in [2.75, 3.05) is 6.54 Å². The van der Waals surface area contributed by atoms with Crippen molar-refractivity contribution in [3.05, 3.63) is 0 Å². The maximum absolute atomic E-state index is 2.98. The minimum atomic E-state index is 0.964. The van der Waals surface area contributed by atoms with E-state index in [9.17, 15) is 0 Å². The molecule has 0 aromatic carbocycles. The Bertz CT molecular complexity index is 212. The Morgan fingerprint density at radius 1 is 0.556 bits per heavy atom. The van der Waals surface area contributed by atoms with Crippen LogP contribution < -0.4 is 0 Å². The Morgan fingerprint density at radius 3 is 1.89 bits per heavy atom. The molecule has 1 unspecified atom stereocenters. The van der Waals surface area contributed by atoms with Crippen LogP contribution in [0.1, 0.15) is 83.5 Å². The van der Waals surface area contributed by atoms with Crippen molar-refractivity contribution in [2.45, 2.75) is 95.6 Å². The molecule has 0 aromatic rings. The fourth-order valence-corrected chi connectivity index (χ4v) is 4.87. The summed E-state index contributed by atoms with van der Waals surface area (Å²) in [5.41, 5.74) is 0. The molecule has 1 saturated heterocycles. The maximum atomic E-state index is 2.98. The van der Waals surface area contributed by atoms with Crippen LogP contribution in [-0.4, -0.2) is 23.5 Å². The molecule has 1 heteroatoms. The molecule has 0 amide bonds. The number of hydrogen-bond donors (Lipinski definition) is 0. The molecule has 2 saturated carbocycles. The highest BCUT2D eigenvalue weighted by Gasteiger charge is 2.34. The van der Waals surface area contributed by atoms with Gasteiger partial charge < -0.3 is 0 Å². The first-order valence-electron chi connectivity index (χ1n) is 8.71. The molecule has 0 aromatic heterocycles. The van der Waals surface area contributed by atoms with Gasteiger partial charge >= 0.3 is 0 Å². The summed E-state index contributed by atoms with van der Waals surface area (Å²) in [4.78, 5) is 2.98. The van der Waals surface area contributed by atoms with Gasteiger partial charge in [-0.1, -0.05) is 44.9 Å². The molecule has 1 nitrogen and oxygen atoms in total. The molecular formula is C17H31N. The number of hydrogen-bond acceptors (Lipinski definition) is 1. The fourth-order valence-electron chi connectivity index (χ4n) is 4.87. The summed E-state index contributed by atoms with van der Waals surface area (Å²) in [5, 5.41) is 0. The fraction of sp³-hybridized carbons (Fsp3) is 1.00. The minimum absolute atomic E-state index is 0.964. The molecule has 0 radical (unpaired) electrons. The van der Waals surface area contributed by atoms with E-state index in [1.165, 1.54) is 90.0 Å². The lowest BCUT2D eigenvalue weighted by molar-refractivity contribution is 0.0288. The van der Waals surface area contributed by atoms with Crippen molar-refractivity contribution < 1.29 is 0 Å². The molecule has 104 valence electrons. The van der Waals surface area contributed by atoms with Crippen molar-refractivity contribution in [1.82, 2.24) is 4.90 Å². The van der Waals surface area contributed by atoms with Gasteiger partial charge in [-0.25, -0.2) is 0 Å². The van der Waals surface area contributed by atoms with E-state index in [-0.39, 0.29) is 0 Å². The van der Waals surface area contributed by atoms with Gasteiger partial charge in [-0.15, -0.1) is 0 Å². The van der Waals surface area contributed by atoms with E-state index in [0.29, 0.717) is 0 Å². The SMILES string of the molecule is C1CCC(C2CCCCN2C2CCCCC2)CC1. The van der Waals surface area contributed by atoms with Crippen LogP contribution in [0.15, 0.2) is 0 Å². The average molecular weight is 249 g/mol. The van der Waals surface area contributed by atoms with Gasteiger partial charge in [0.05, 0.1) is 0 Å². The van der Waals surface area contributed by atoms with Gasteiger partial charge in [0.2, 0.25) is 0 Å². The second kappa shape index (κ2) is 6.41. The highest BCUT2D eigenvalue weighted by Crippen LogP contribution is 2.37. The largest absolute Gasteiger partial charge is 0.297 e. The first-order valence-corrected chi connectivity index (χ1v) is 8.71. The number of piperidine rings is 1. The summed E-state index contributed by atoms with van der Waals surface area (Å²) in [5.74, 6) is 1.06. The second-order valence-corrected chi connectivity index (χ2v) is 6.99. The Labute approximate surface area is 113 Å². The highest BCUT2D eigenvalue weighted by molar-refractivity contribution is 4.89. The summed E-state index contributed by atoms with van der Waals surface area (Å²) in [6.07, 6.45) is 19.6. The molecule has 0 bridgehead atoms. The average Bonchev–Trinajstić information content (AvgIpc) is 2.49. The predicted octanol–water partition coefficient (Wildman–Crippen LogP) is 4.75. The van der Waals surface area contributed by atoms with Crippen molar-refractivity contribution in [1.29, 1.82) is 0 Å². The molecular weight excluding hydrogens is 218 g/mol. The number of rotatable bonds is 2. The van der Waals surface area contributed by atoms with E-state index in [4.69, 9.17) is 0 Å². The third-order valence-corrected chi connectivity index (χ3v) is 5.83. The molecule has 1 heterocycles. The Kier molecular flexibility index (Phi) is 4.62. The smallest absolute Gasteiger partial charge is 0.0126 e. The van der Waals surface area contributed by atoms with Crippen LogP contribution in [0.3, 0.4) is 0 Å². The third-order valence-electron chi connectivity index (χ3n) is 5.83. The summed E-state index contributed by atoms with van der Waals surface area (Å²) in [7, 11) is 0. The summed E-state index contributed by atoms with van der Waals surface area (Å²) < 4.78 is 0. The van der Waals surface area contributed by atoms with Crippen molar-refractivity contribution in [3.8, 4) is 0 Å². The zero-order valence-corrected chi connectivity index (χ0v) is 12.1. The highest BCUT2D eigenvalue weighted by atomic mass is 15.2. The van der Waals surface area contributed by atoms with Crippen LogP contribution in [0.4, 0.5) is 0 Å². The minimum Gasteiger partial charge on any atom is -0.297 e. The van der Waals surface area contributed by atoms with Crippen LogP contribution in [-0.2, 0) is 0 Å². The van der Waals surface area contributed by atoms with E-state index in [0.717, 1.165) is 18.0 Å². The molecule has 2 aliphatic carbocycles. The summed E-state index contributed by atoms with van der Waals surface area (Å²) in [6.45, 7) is 1.42. The summed E-state index contributed by atoms with van der Waals surface area (Å²) in [6, 6.07) is 1.94. The molecule has 3 fully saturated rings. The van der Waals surface area contributed by atoms with Crippen molar-refractivity contribution in [2.24, 2.45) is 5.92 Å². The Morgan fingerprint density at radius 2 is 1.17 bits per heavy atom. The van der Waals surface area contributed by atoms with Gasteiger partial charge in [0, 0.05) is 12.1 Å². The van der Waals surface area contributed by atoms with Crippen LogP contribution in [0.25, 0.3) is 0 Å². The first kappa shape index (κ1) is 13.0. The number of nitrogens with zero attached hydrogens (tertiary/aromatic N) is 1. The molecule has 3 aliphatic rings. The van der Waals surface area contributed by atoms with Gasteiger partial charge in [-0.2, -0.15) is 0 Å². The van der Waals surface area contributed by atoms with E-state index >= 15 is 0 Å². The first-order chi connectivity index (χ1) is 8.95. The van der Waals surface area contributed by atoms with Crippen molar-refractivity contribution in [3.63, 3.8) is 0 Å². The van der Waals surface area contributed by atoms with Crippen LogP contribution >= 0.6 is 0 Å². The van der Waals surface area contributed by atoms with Gasteiger partial charge in [0.25, 0.3) is 0 Å². The Hall–Kier alpha value is -0.0400. The lowest BCUT2D eigenvalue weighted by atomic mass is 9.78. The molecule has 18 heavy (non-hydrogen) atoms. The van der Waals surface area contributed by atoms with Gasteiger partial charge in [-0.05, 0) is 51.0 Å². The Balaban J connectivity index is 1.64. The monoisotopic (exact) mass is 249 g/mol. The van der Waals surface area contributed by atoms with E-state index in [1.807, 2.05) is 0 Å². The normalized spacial score (nSPS) is 33.7. The summed E-state index contributed by atoms with van der Waals surface area (Å²) >= 11 is 0. The lowest BCUT2D eigenvalue weighted by Crippen LogP contribution is -2.50. The van der Waals surface area contributed by atoms with Crippen LogP contribution in [0.5, 0.6) is 0 Å². The predicted molar refractivity (Wildman–Crippen MR) is 77.8 cm³/mol. The molecule has 1 atom stereocenters. The number of likely N-dealkylation sites (tertiary alicyclic amines) is 1. The van der Waals surface area contributed by atoms with Gasteiger partial charge in [0.15, 0.2) is 0 Å². The van der Waals surface area contributed by atoms with Gasteiger partial charge in [-0.3, -0.25) is 4.90 Å². The van der Waals surface area contributed by atoms with E-state index in [1.54, 1.807) is 0 Å². The molecule has 0 N–H and O–H groups in total. The van der Waals surface area contributed by atoms with E-state index < -0.39 is 0 Å². The van der Waals surface area contributed by atoms with E-state index in [2.05, 4.69) is 4.90 Å². The van der Waals surface area contributed by atoms with Gasteiger partial charge in [0.1, 0.15) is 0 Å². The third kappa shape index (κ3) is 2.92. The van der Waals surface area contributed by atoms with Crippen LogP contribution in [0, 0.1) is 5.92 Å². The molecule has 0 spiro atoms. The molecule has 1 aliphatic heterocycles. The lowest BCUT2D eigenvalue weighted by Gasteiger charge is -2.47. The second-order valence-electron chi connectivity index (χ2n) is 6.99. The van der Waals surface area contributed by atoms with Crippen molar-refractivity contribution >= 4 is 0 Å².